The van der Waals surface area contributed by atoms with Crippen LogP contribution in [0.3, 0.4) is 0 Å². The second-order valence-electron chi connectivity index (χ2n) is 6.67. The fourth-order valence-electron chi connectivity index (χ4n) is 1.91. The average molecular weight is 329 g/mol. The summed E-state index contributed by atoms with van der Waals surface area (Å²) in [6.45, 7) is 10.6. The molecule has 0 aliphatic rings. The van der Waals surface area contributed by atoms with Crippen LogP contribution in [0.2, 0.25) is 0 Å². The van der Waals surface area contributed by atoms with E-state index < -0.39 is 30.5 Å². The van der Waals surface area contributed by atoms with Gasteiger partial charge in [0, 0.05) is 13.0 Å². The van der Waals surface area contributed by atoms with E-state index in [1.165, 1.54) is 6.92 Å². The quantitative estimate of drug-likeness (QED) is 0.484. The summed E-state index contributed by atoms with van der Waals surface area (Å²) < 4.78 is 0. The first-order valence-electron chi connectivity index (χ1n) is 8.07. The van der Waals surface area contributed by atoms with Gasteiger partial charge in [0.25, 0.3) is 0 Å². The number of amides is 3. The van der Waals surface area contributed by atoms with Gasteiger partial charge in [-0.1, -0.05) is 27.7 Å². The lowest BCUT2D eigenvalue weighted by atomic mass is 10.0. The predicted molar refractivity (Wildman–Crippen MR) is 88.5 cm³/mol. The Hall–Kier alpha value is -1.63. The zero-order valence-corrected chi connectivity index (χ0v) is 15.0. The Morgan fingerprint density at radius 2 is 1.39 bits per heavy atom. The fourth-order valence-corrected chi connectivity index (χ4v) is 1.91. The Kier molecular flexibility index (Phi) is 9.48. The van der Waals surface area contributed by atoms with Crippen molar-refractivity contribution in [3.8, 4) is 0 Å². The van der Waals surface area contributed by atoms with Gasteiger partial charge in [-0.3, -0.25) is 14.4 Å². The minimum absolute atomic E-state index is 0.0157. The molecule has 0 aromatic carbocycles. The van der Waals surface area contributed by atoms with E-state index in [9.17, 15) is 19.5 Å². The van der Waals surface area contributed by atoms with Crippen LogP contribution in [0.4, 0.5) is 0 Å². The zero-order chi connectivity index (χ0) is 18.2. The molecular formula is C16H31N3O4. The van der Waals surface area contributed by atoms with E-state index in [1.54, 1.807) is 0 Å². The lowest BCUT2D eigenvalue weighted by molar-refractivity contribution is -0.133. The lowest BCUT2D eigenvalue weighted by Crippen LogP contribution is -2.56. The van der Waals surface area contributed by atoms with Crippen molar-refractivity contribution in [3.63, 3.8) is 0 Å². The number of carbonyl (C=O) groups is 3. The third-order valence-corrected chi connectivity index (χ3v) is 3.59. The molecule has 3 amide bonds. The minimum atomic E-state index is -1.06. The molecule has 0 aromatic rings. The van der Waals surface area contributed by atoms with Crippen LogP contribution in [0.25, 0.3) is 0 Å². The third kappa shape index (κ3) is 8.54. The van der Waals surface area contributed by atoms with E-state index in [0.717, 1.165) is 0 Å². The predicted octanol–water partition coefficient (Wildman–Crippen LogP) is 0.175. The Morgan fingerprint density at radius 1 is 0.870 bits per heavy atom. The Balaban J connectivity index is 4.92. The summed E-state index contributed by atoms with van der Waals surface area (Å²) in [6.07, 6.45) is 0.473. The van der Waals surface area contributed by atoms with Crippen molar-refractivity contribution in [2.75, 3.05) is 6.61 Å². The van der Waals surface area contributed by atoms with Crippen LogP contribution in [0.15, 0.2) is 0 Å². The zero-order valence-electron chi connectivity index (χ0n) is 15.0. The highest BCUT2D eigenvalue weighted by Gasteiger charge is 2.27. The number of carbonyl (C=O) groups excluding carboxylic acids is 3. The van der Waals surface area contributed by atoms with Crippen LogP contribution < -0.4 is 16.0 Å². The molecule has 3 unspecified atom stereocenters. The van der Waals surface area contributed by atoms with Crippen molar-refractivity contribution in [1.82, 2.24) is 16.0 Å². The molecule has 0 spiro atoms. The molecule has 7 nitrogen and oxygen atoms in total. The molecule has 0 saturated heterocycles. The van der Waals surface area contributed by atoms with Gasteiger partial charge in [-0.05, 0) is 25.2 Å². The summed E-state index contributed by atoms with van der Waals surface area (Å²) in [5.41, 5.74) is 0. The second kappa shape index (κ2) is 10.2. The molecule has 0 aliphatic heterocycles. The largest absolute Gasteiger partial charge is 0.394 e. The number of aliphatic hydroxyl groups excluding tert-OH is 1. The molecule has 0 saturated carbocycles. The second-order valence-corrected chi connectivity index (χ2v) is 6.67. The van der Waals surface area contributed by atoms with Crippen LogP contribution in [-0.4, -0.2) is 47.6 Å². The van der Waals surface area contributed by atoms with Gasteiger partial charge in [-0.15, -0.1) is 0 Å². The van der Waals surface area contributed by atoms with Crippen LogP contribution in [-0.2, 0) is 14.4 Å². The smallest absolute Gasteiger partial charge is 0.245 e. The van der Waals surface area contributed by atoms with E-state index in [2.05, 4.69) is 16.0 Å². The van der Waals surface area contributed by atoms with Crippen LogP contribution in [0, 0.1) is 11.8 Å². The molecule has 3 atom stereocenters. The Bertz CT molecular complexity index is 410. The van der Waals surface area contributed by atoms with Gasteiger partial charge in [0.1, 0.15) is 12.1 Å². The van der Waals surface area contributed by atoms with E-state index in [-0.39, 0.29) is 23.8 Å². The summed E-state index contributed by atoms with van der Waals surface area (Å²) in [5, 5.41) is 17.1. The molecule has 7 heteroatoms. The van der Waals surface area contributed by atoms with Crippen molar-refractivity contribution >= 4 is 17.7 Å². The molecule has 0 fully saturated rings. The van der Waals surface area contributed by atoms with Gasteiger partial charge < -0.3 is 21.1 Å². The standard InChI is InChI=1S/C16H31N3O4/c1-9(2)7-13(15(22)17-11(5)10(3)4)19-16(23)14(8-20)18-12(6)21/h9-11,13-14,20H,7-8H2,1-6H3,(H,17,22)(H,18,21)(H,19,23). The van der Waals surface area contributed by atoms with E-state index in [1.807, 2.05) is 34.6 Å². The first-order valence-corrected chi connectivity index (χ1v) is 8.07. The Morgan fingerprint density at radius 3 is 1.78 bits per heavy atom. The molecule has 4 N–H and O–H groups in total. The maximum absolute atomic E-state index is 12.4. The summed E-state index contributed by atoms with van der Waals surface area (Å²) in [7, 11) is 0. The molecule has 0 bridgehead atoms. The van der Waals surface area contributed by atoms with E-state index in [0.29, 0.717) is 6.42 Å². The molecule has 0 aromatic heterocycles. The van der Waals surface area contributed by atoms with Gasteiger partial charge in [0.15, 0.2) is 0 Å². The molecule has 0 aliphatic carbocycles. The maximum Gasteiger partial charge on any atom is 0.245 e. The molecule has 0 radical (unpaired) electrons. The van der Waals surface area contributed by atoms with Gasteiger partial charge in [0.05, 0.1) is 6.61 Å². The first-order chi connectivity index (χ1) is 10.6. The highest BCUT2D eigenvalue weighted by atomic mass is 16.3. The highest BCUT2D eigenvalue weighted by molar-refractivity contribution is 5.91. The van der Waals surface area contributed by atoms with Crippen LogP contribution >= 0.6 is 0 Å². The maximum atomic E-state index is 12.4. The van der Waals surface area contributed by atoms with Crippen molar-refractivity contribution in [3.05, 3.63) is 0 Å². The summed E-state index contributed by atoms with van der Waals surface area (Å²) in [6, 6.07) is -1.78. The number of rotatable bonds is 9. The van der Waals surface area contributed by atoms with Gasteiger partial charge in [-0.25, -0.2) is 0 Å². The van der Waals surface area contributed by atoms with Crippen LogP contribution in [0.1, 0.15) is 48.0 Å². The van der Waals surface area contributed by atoms with Crippen molar-refractivity contribution in [2.45, 2.75) is 66.1 Å². The number of nitrogens with one attached hydrogen (secondary N) is 3. The topological polar surface area (TPSA) is 108 Å². The summed E-state index contributed by atoms with van der Waals surface area (Å²) in [4.78, 5) is 35.6. The fraction of sp³-hybridized carbons (Fsp3) is 0.812. The van der Waals surface area contributed by atoms with E-state index >= 15 is 0 Å². The highest BCUT2D eigenvalue weighted by Crippen LogP contribution is 2.07. The Labute approximate surface area is 138 Å². The SMILES string of the molecule is CC(=O)NC(CO)C(=O)NC(CC(C)C)C(=O)NC(C)C(C)C. The minimum Gasteiger partial charge on any atom is -0.394 e. The molecule has 23 heavy (non-hydrogen) atoms. The molecule has 134 valence electrons. The number of aliphatic hydroxyl groups is 1. The summed E-state index contributed by atoms with van der Waals surface area (Å²) in [5.74, 6) is -0.765. The van der Waals surface area contributed by atoms with Crippen molar-refractivity contribution in [2.24, 2.45) is 11.8 Å². The van der Waals surface area contributed by atoms with Crippen LogP contribution in [0.5, 0.6) is 0 Å². The average Bonchev–Trinajstić information content (AvgIpc) is 2.42. The third-order valence-electron chi connectivity index (χ3n) is 3.59. The van der Waals surface area contributed by atoms with E-state index in [4.69, 9.17) is 0 Å². The molecular weight excluding hydrogens is 298 g/mol. The van der Waals surface area contributed by atoms with Crippen molar-refractivity contribution in [1.29, 1.82) is 0 Å². The van der Waals surface area contributed by atoms with Gasteiger partial charge in [-0.2, -0.15) is 0 Å². The lowest BCUT2D eigenvalue weighted by Gasteiger charge is -2.25. The van der Waals surface area contributed by atoms with Crippen molar-refractivity contribution < 1.29 is 19.5 Å². The summed E-state index contributed by atoms with van der Waals surface area (Å²) >= 11 is 0. The van der Waals surface area contributed by atoms with Gasteiger partial charge in [0.2, 0.25) is 17.7 Å². The monoisotopic (exact) mass is 329 g/mol. The van der Waals surface area contributed by atoms with Gasteiger partial charge >= 0.3 is 0 Å². The normalized spacial score (nSPS) is 15.0. The number of hydrogen-bond donors (Lipinski definition) is 4. The number of hydrogen-bond acceptors (Lipinski definition) is 4. The molecule has 0 heterocycles. The first kappa shape index (κ1) is 21.4. The molecule has 0 rings (SSSR count).